The van der Waals surface area contributed by atoms with Gasteiger partial charge in [0.25, 0.3) is 5.91 Å². The lowest BCUT2D eigenvalue weighted by Gasteiger charge is -2.14. The van der Waals surface area contributed by atoms with Crippen LogP contribution in [0.2, 0.25) is 0 Å². The molecule has 17 heavy (non-hydrogen) atoms. The molecular weight excluding hydrogens is 214 g/mol. The molecule has 1 heterocycles. The van der Waals surface area contributed by atoms with E-state index in [4.69, 9.17) is 5.11 Å². The summed E-state index contributed by atoms with van der Waals surface area (Å²) in [7, 11) is 0. The molecule has 1 aliphatic heterocycles. The van der Waals surface area contributed by atoms with E-state index < -0.39 is 0 Å². The van der Waals surface area contributed by atoms with Crippen LogP contribution in [0, 0.1) is 6.92 Å². The first-order valence-electron chi connectivity index (χ1n) is 6.22. The maximum Gasteiger partial charge on any atom is 0.254 e. The van der Waals surface area contributed by atoms with Crippen molar-refractivity contribution < 1.29 is 9.90 Å². The molecule has 0 fully saturated rings. The zero-order valence-electron chi connectivity index (χ0n) is 10.9. The molecule has 0 saturated heterocycles. The molecule has 94 valence electrons. The number of carbonyl (C=O) groups is 1. The van der Waals surface area contributed by atoms with Crippen molar-refractivity contribution in [1.82, 2.24) is 4.90 Å². The number of aliphatic hydroxyl groups is 1. The minimum Gasteiger partial charge on any atom is -0.396 e. The molecule has 0 unspecified atom stereocenters. The molecule has 2 rings (SSSR count). The van der Waals surface area contributed by atoms with Gasteiger partial charge in [0, 0.05) is 25.3 Å². The summed E-state index contributed by atoms with van der Waals surface area (Å²) < 4.78 is 0. The molecular formula is C14H21NO2. The van der Waals surface area contributed by atoms with Crippen molar-refractivity contribution in [1.29, 1.82) is 0 Å². The Balaban J connectivity index is 0.000000686. The number of carbonyl (C=O) groups excluding carboxylic acids is 1. The summed E-state index contributed by atoms with van der Waals surface area (Å²) in [6.07, 6.45) is 0.652. The van der Waals surface area contributed by atoms with Crippen LogP contribution in [0.1, 0.15) is 41.8 Å². The van der Waals surface area contributed by atoms with E-state index in [1.165, 1.54) is 0 Å². The van der Waals surface area contributed by atoms with Crippen molar-refractivity contribution in [2.24, 2.45) is 0 Å². The summed E-state index contributed by atoms with van der Waals surface area (Å²) in [6.45, 7) is 7.44. The van der Waals surface area contributed by atoms with E-state index in [-0.39, 0.29) is 12.5 Å². The first-order chi connectivity index (χ1) is 8.24. The molecule has 1 aromatic rings. The molecule has 0 spiro atoms. The van der Waals surface area contributed by atoms with Crippen LogP contribution < -0.4 is 0 Å². The maximum absolute atomic E-state index is 12.0. The van der Waals surface area contributed by atoms with E-state index in [0.717, 1.165) is 16.7 Å². The van der Waals surface area contributed by atoms with Crippen LogP contribution in [0.15, 0.2) is 18.2 Å². The molecule has 0 aromatic heterocycles. The SMILES string of the molecule is CC.Cc1cccc2c1C(=O)N(CCCO)C2. The summed E-state index contributed by atoms with van der Waals surface area (Å²) in [6, 6.07) is 5.95. The number of benzene rings is 1. The second kappa shape index (κ2) is 6.40. The predicted octanol–water partition coefficient (Wildman–Crippen LogP) is 2.36. The Hall–Kier alpha value is -1.35. The number of amides is 1. The normalized spacial score (nSPS) is 13.2. The van der Waals surface area contributed by atoms with E-state index in [2.05, 4.69) is 0 Å². The van der Waals surface area contributed by atoms with Crippen molar-refractivity contribution >= 4 is 5.91 Å². The van der Waals surface area contributed by atoms with Crippen molar-refractivity contribution in [3.63, 3.8) is 0 Å². The number of rotatable bonds is 3. The fourth-order valence-corrected chi connectivity index (χ4v) is 2.04. The van der Waals surface area contributed by atoms with Crippen LogP contribution in [0.4, 0.5) is 0 Å². The summed E-state index contributed by atoms with van der Waals surface area (Å²) >= 11 is 0. The lowest BCUT2D eigenvalue weighted by Crippen LogP contribution is -2.25. The van der Waals surface area contributed by atoms with Crippen LogP contribution in [0.25, 0.3) is 0 Å². The van der Waals surface area contributed by atoms with Crippen LogP contribution in [0.3, 0.4) is 0 Å². The van der Waals surface area contributed by atoms with Crippen molar-refractivity contribution in [3.05, 3.63) is 34.9 Å². The fraction of sp³-hybridized carbons (Fsp3) is 0.500. The van der Waals surface area contributed by atoms with E-state index in [1.54, 1.807) is 4.90 Å². The maximum atomic E-state index is 12.0. The van der Waals surface area contributed by atoms with Crippen molar-refractivity contribution in [2.45, 2.75) is 33.7 Å². The van der Waals surface area contributed by atoms with Crippen molar-refractivity contribution in [2.75, 3.05) is 13.2 Å². The van der Waals surface area contributed by atoms with Crippen molar-refractivity contribution in [3.8, 4) is 0 Å². The largest absolute Gasteiger partial charge is 0.396 e. The summed E-state index contributed by atoms with van der Waals surface area (Å²) in [4.78, 5) is 13.8. The van der Waals surface area contributed by atoms with Gasteiger partial charge in [-0.15, -0.1) is 0 Å². The molecule has 0 aliphatic carbocycles. The third kappa shape index (κ3) is 2.86. The zero-order chi connectivity index (χ0) is 12.8. The van der Waals surface area contributed by atoms with E-state index >= 15 is 0 Å². The number of aryl methyl sites for hydroxylation is 1. The highest BCUT2D eigenvalue weighted by molar-refractivity contribution is 5.99. The molecule has 0 saturated carbocycles. The van der Waals surface area contributed by atoms with Gasteiger partial charge in [-0.1, -0.05) is 32.0 Å². The van der Waals surface area contributed by atoms with Gasteiger partial charge in [-0.25, -0.2) is 0 Å². The Labute approximate surface area is 103 Å². The highest BCUT2D eigenvalue weighted by atomic mass is 16.3. The molecule has 0 radical (unpaired) electrons. The monoisotopic (exact) mass is 235 g/mol. The first kappa shape index (κ1) is 13.7. The van der Waals surface area contributed by atoms with Crippen LogP contribution in [-0.4, -0.2) is 29.1 Å². The Bertz CT molecular complexity index is 388. The van der Waals surface area contributed by atoms with Gasteiger partial charge in [0.05, 0.1) is 0 Å². The summed E-state index contributed by atoms with van der Waals surface area (Å²) in [5, 5.41) is 8.75. The van der Waals surface area contributed by atoms with Gasteiger partial charge in [-0.05, 0) is 24.5 Å². The second-order valence-corrected chi connectivity index (χ2v) is 3.91. The lowest BCUT2D eigenvalue weighted by molar-refractivity contribution is 0.0768. The third-order valence-electron chi connectivity index (χ3n) is 2.81. The minimum absolute atomic E-state index is 0.108. The minimum atomic E-state index is 0.108. The van der Waals surface area contributed by atoms with Gasteiger partial charge in [0.15, 0.2) is 0 Å². The van der Waals surface area contributed by atoms with Crippen LogP contribution in [0.5, 0.6) is 0 Å². The number of hydrogen-bond donors (Lipinski definition) is 1. The van der Waals surface area contributed by atoms with Gasteiger partial charge < -0.3 is 10.0 Å². The average molecular weight is 235 g/mol. The van der Waals surface area contributed by atoms with Gasteiger partial charge >= 0.3 is 0 Å². The van der Waals surface area contributed by atoms with Gasteiger partial charge in [0.1, 0.15) is 0 Å². The Morgan fingerprint density at radius 1 is 1.35 bits per heavy atom. The van der Waals surface area contributed by atoms with E-state index in [1.807, 2.05) is 39.0 Å². The summed E-state index contributed by atoms with van der Waals surface area (Å²) in [5.41, 5.74) is 3.01. The number of nitrogens with zero attached hydrogens (tertiary/aromatic N) is 1. The molecule has 3 heteroatoms. The Morgan fingerprint density at radius 2 is 2.06 bits per heavy atom. The predicted molar refractivity (Wildman–Crippen MR) is 69.0 cm³/mol. The second-order valence-electron chi connectivity index (χ2n) is 3.91. The van der Waals surface area contributed by atoms with E-state index in [9.17, 15) is 4.79 Å². The molecule has 0 atom stereocenters. The van der Waals surface area contributed by atoms with Gasteiger partial charge in [-0.2, -0.15) is 0 Å². The first-order valence-corrected chi connectivity index (χ1v) is 6.22. The third-order valence-corrected chi connectivity index (χ3v) is 2.81. The molecule has 1 aliphatic rings. The zero-order valence-corrected chi connectivity index (χ0v) is 10.9. The number of fused-ring (bicyclic) bond motifs is 1. The molecule has 1 amide bonds. The van der Waals surface area contributed by atoms with Gasteiger partial charge in [-0.3, -0.25) is 4.79 Å². The van der Waals surface area contributed by atoms with Gasteiger partial charge in [0.2, 0.25) is 0 Å². The fourth-order valence-electron chi connectivity index (χ4n) is 2.04. The molecule has 3 nitrogen and oxygen atoms in total. The Morgan fingerprint density at radius 3 is 2.65 bits per heavy atom. The standard InChI is InChI=1S/C12H15NO2.C2H6/c1-9-4-2-5-10-8-13(6-3-7-14)12(15)11(9)10;1-2/h2,4-5,14H,3,6-8H2,1H3;1-2H3. The smallest absolute Gasteiger partial charge is 0.254 e. The summed E-state index contributed by atoms with van der Waals surface area (Å²) in [5.74, 6) is 0.108. The Kier molecular flexibility index (Phi) is 5.16. The topological polar surface area (TPSA) is 40.5 Å². The molecule has 0 bridgehead atoms. The number of aliphatic hydroxyl groups excluding tert-OH is 1. The molecule has 1 aromatic carbocycles. The van der Waals surface area contributed by atoms with E-state index in [0.29, 0.717) is 19.5 Å². The van der Waals surface area contributed by atoms with Crippen LogP contribution in [-0.2, 0) is 6.54 Å². The molecule has 1 N–H and O–H groups in total. The quantitative estimate of drug-likeness (QED) is 0.873. The van der Waals surface area contributed by atoms with Crippen LogP contribution >= 0.6 is 0 Å². The lowest BCUT2D eigenvalue weighted by atomic mass is 10.0. The number of hydrogen-bond acceptors (Lipinski definition) is 2. The highest BCUT2D eigenvalue weighted by Gasteiger charge is 2.27. The average Bonchev–Trinajstić information content (AvgIpc) is 2.67. The highest BCUT2D eigenvalue weighted by Crippen LogP contribution is 2.25.